The Hall–Kier alpha value is -2.49. The molecule has 0 fully saturated rings. The van der Waals surface area contributed by atoms with E-state index >= 15 is 0 Å². The Labute approximate surface area is 217 Å². The molecule has 0 spiro atoms. The average molecular weight is 545 g/mol. The van der Waals surface area contributed by atoms with Crippen molar-refractivity contribution < 1.29 is 22.7 Å². The van der Waals surface area contributed by atoms with Crippen LogP contribution in [-0.2, 0) is 26.2 Å². The van der Waals surface area contributed by atoms with Gasteiger partial charge < -0.3 is 15.0 Å². The number of carbonyl (C=O) groups is 2. The summed E-state index contributed by atoms with van der Waals surface area (Å²) in [5.74, 6) is -0.335. The summed E-state index contributed by atoms with van der Waals surface area (Å²) in [5, 5.41) is 3.46. The molecule has 0 radical (unpaired) electrons. The molecule has 0 aliphatic heterocycles. The SMILES string of the molecule is CCOc1ccc(N(CC(=O)N(Cc2ccc(Cl)c(Cl)c2)[C@@H](C)C(=O)NC(C)C)S(C)(=O)=O)cc1. The van der Waals surface area contributed by atoms with Gasteiger partial charge in [-0.05, 0) is 69.7 Å². The number of hydrogen-bond donors (Lipinski definition) is 1. The standard InChI is InChI=1S/C24H31Cl2N3O5S/c1-6-34-20-10-8-19(9-11-20)29(35(5,32)33)15-23(30)28(17(4)24(31)27-16(2)3)14-18-7-12-21(25)22(26)13-18/h7-13,16-17H,6,14-15H2,1-5H3,(H,27,31)/t17-/m0/s1. The minimum atomic E-state index is -3.82. The first-order valence-electron chi connectivity index (χ1n) is 11.1. The van der Waals surface area contributed by atoms with Crippen molar-refractivity contribution in [3.63, 3.8) is 0 Å². The number of carbonyl (C=O) groups excluding carboxylic acids is 2. The van der Waals surface area contributed by atoms with Crippen LogP contribution in [0.1, 0.15) is 33.3 Å². The monoisotopic (exact) mass is 543 g/mol. The zero-order chi connectivity index (χ0) is 26.3. The maximum Gasteiger partial charge on any atom is 0.244 e. The Balaban J connectivity index is 2.39. The summed E-state index contributed by atoms with van der Waals surface area (Å²) in [6.07, 6.45) is 1.02. The predicted molar refractivity (Wildman–Crippen MR) is 140 cm³/mol. The number of sulfonamides is 1. The third kappa shape index (κ3) is 8.30. The number of halogens is 2. The molecule has 2 aromatic carbocycles. The van der Waals surface area contributed by atoms with Crippen LogP contribution in [0.15, 0.2) is 42.5 Å². The summed E-state index contributed by atoms with van der Waals surface area (Å²) in [4.78, 5) is 27.6. The molecular formula is C24H31Cl2N3O5S. The first-order valence-corrected chi connectivity index (χ1v) is 13.7. The lowest BCUT2D eigenvalue weighted by Gasteiger charge is -2.32. The minimum Gasteiger partial charge on any atom is -0.494 e. The van der Waals surface area contributed by atoms with Gasteiger partial charge in [0.25, 0.3) is 0 Å². The van der Waals surface area contributed by atoms with Gasteiger partial charge in [-0.2, -0.15) is 0 Å². The van der Waals surface area contributed by atoms with Crippen LogP contribution < -0.4 is 14.4 Å². The van der Waals surface area contributed by atoms with Gasteiger partial charge in [0.2, 0.25) is 21.8 Å². The molecule has 0 saturated carbocycles. The molecule has 0 aromatic heterocycles. The number of rotatable bonds is 11. The summed E-state index contributed by atoms with van der Waals surface area (Å²) in [5.41, 5.74) is 0.946. The highest BCUT2D eigenvalue weighted by atomic mass is 35.5. The number of anilines is 1. The molecule has 2 aromatic rings. The molecular weight excluding hydrogens is 513 g/mol. The molecule has 192 valence electrons. The van der Waals surface area contributed by atoms with Crippen LogP contribution in [0.3, 0.4) is 0 Å². The van der Waals surface area contributed by atoms with Gasteiger partial charge in [0, 0.05) is 12.6 Å². The lowest BCUT2D eigenvalue weighted by molar-refractivity contribution is -0.139. The van der Waals surface area contributed by atoms with Gasteiger partial charge in [0.15, 0.2) is 0 Å². The molecule has 0 saturated heterocycles. The Morgan fingerprint density at radius 3 is 2.17 bits per heavy atom. The number of amides is 2. The first-order chi connectivity index (χ1) is 16.3. The molecule has 2 rings (SSSR count). The van der Waals surface area contributed by atoms with Crippen LogP contribution in [0.25, 0.3) is 0 Å². The van der Waals surface area contributed by atoms with E-state index in [0.29, 0.717) is 33.7 Å². The lowest BCUT2D eigenvalue weighted by Crippen LogP contribution is -2.52. The summed E-state index contributed by atoms with van der Waals surface area (Å²) >= 11 is 12.1. The van der Waals surface area contributed by atoms with E-state index in [1.54, 1.807) is 49.4 Å². The van der Waals surface area contributed by atoms with Gasteiger partial charge in [-0.3, -0.25) is 13.9 Å². The third-order valence-corrected chi connectivity index (χ3v) is 6.93. The Kier molecular flexibility index (Phi) is 10.2. The molecule has 1 N–H and O–H groups in total. The zero-order valence-corrected chi connectivity index (χ0v) is 22.7. The molecule has 0 aliphatic rings. The van der Waals surface area contributed by atoms with E-state index in [2.05, 4.69) is 5.32 Å². The number of benzene rings is 2. The van der Waals surface area contributed by atoms with E-state index in [0.717, 1.165) is 10.6 Å². The minimum absolute atomic E-state index is 0.0310. The van der Waals surface area contributed by atoms with Crippen molar-refractivity contribution in [2.24, 2.45) is 0 Å². The third-order valence-electron chi connectivity index (χ3n) is 5.05. The Morgan fingerprint density at radius 2 is 1.66 bits per heavy atom. The van der Waals surface area contributed by atoms with Gasteiger partial charge in [0.1, 0.15) is 18.3 Å². The molecule has 2 amide bonds. The maximum atomic E-state index is 13.5. The van der Waals surface area contributed by atoms with E-state index in [-0.39, 0.29) is 18.5 Å². The molecule has 0 heterocycles. The van der Waals surface area contributed by atoms with Crippen molar-refractivity contribution in [1.29, 1.82) is 0 Å². The summed E-state index contributed by atoms with van der Waals surface area (Å²) in [6, 6.07) is 10.3. The largest absolute Gasteiger partial charge is 0.494 e. The zero-order valence-electron chi connectivity index (χ0n) is 20.4. The number of hydrogen-bond acceptors (Lipinski definition) is 5. The highest BCUT2D eigenvalue weighted by Crippen LogP contribution is 2.25. The second-order valence-electron chi connectivity index (χ2n) is 8.31. The fourth-order valence-corrected chi connectivity index (χ4v) is 4.48. The van der Waals surface area contributed by atoms with Gasteiger partial charge >= 0.3 is 0 Å². The summed E-state index contributed by atoms with van der Waals surface area (Å²) in [7, 11) is -3.82. The van der Waals surface area contributed by atoms with Crippen molar-refractivity contribution in [2.45, 2.75) is 46.3 Å². The van der Waals surface area contributed by atoms with Gasteiger partial charge in [0.05, 0.1) is 28.6 Å². The van der Waals surface area contributed by atoms with Crippen molar-refractivity contribution in [2.75, 3.05) is 23.7 Å². The van der Waals surface area contributed by atoms with E-state index < -0.39 is 28.5 Å². The average Bonchev–Trinajstić information content (AvgIpc) is 2.77. The number of nitrogens with one attached hydrogen (secondary N) is 1. The molecule has 0 bridgehead atoms. The lowest BCUT2D eigenvalue weighted by atomic mass is 10.1. The number of nitrogens with zero attached hydrogens (tertiary/aromatic N) is 2. The summed E-state index contributed by atoms with van der Waals surface area (Å²) in [6.45, 7) is 7.06. The van der Waals surface area contributed by atoms with Crippen LogP contribution in [0.4, 0.5) is 5.69 Å². The second kappa shape index (κ2) is 12.5. The molecule has 8 nitrogen and oxygen atoms in total. The molecule has 0 aliphatic carbocycles. The fourth-order valence-electron chi connectivity index (χ4n) is 3.31. The Bertz CT molecular complexity index is 1140. The summed E-state index contributed by atoms with van der Waals surface area (Å²) < 4.78 is 31.6. The molecule has 0 unspecified atom stereocenters. The van der Waals surface area contributed by atoms with Crippen molar-refractivity contribution in [3.05, 3.63) is 58.1 Å². The topological polar surface area (TPSA) is 96.0 Å². The number of ether oxygens (including phenoxy) is 1. The quantitative estimate of drug-likeness (QED) is 0.460. The molecule has 11 heteroatoms. The fraction of sp³-hybridized carbons (Fsp3) is 0.417. The van der Waals surface area contributed by atoms with Crippen LogP contribution >= 0.6 is 23.2 Å². The van der Waals surface area contributed by atoms with Gasteiger partial charge in [-0.15, -0.1) is 0 Å². The smallest absolute Gasteiger partial charge is 0.244 e. The highest BCUT2D eigenvalue weighted by Gasteiger charge is 2.30. The highest BCUT2D eigenvalue weighted by molar-refractivity contribution is 7.92. The van der Waals surface area contributed by atoms with Gasteiger partial charge in [-0.1, -0.05) is 29.3 Å². The van der Waals surface area contributed by atoms with Gasteiger partial charge in [-0.25, -0.2) is 8.42 Å². The maximum absolute atomic E-state index is 13.5. The van der Waals surface area contributed by atoms with E-state index in [4.69, 9.17) is 27.9 Å². The predicted octanol–water partition coefficient (Wildman–Crippen LogP) is 4.10. The van der Waals surface area contributed by atoms with Crippen molar-refractivity contribution in [3.8, 4) is 5.75 Å². The Morgan fingerprint density at radius 1 is 1.03 bits per heavy atom. The second-order valence-corrected chi connectivity index (χ2v) is 11.0. The molecule has 1 atom stereocenters. The van der Waals surface area contributed by atoms with Crippen LogP contribution in [-0.4, -0.2) is 56.6 Å². The van der Waals surface area contributed by atoms with Crippen LogP contribution in [0.5, 0.6) is 5.75 Å². The van der Waals surface area contributed by atoms with E-state index in [1.807, 2.05) is 20.8 Å². The normalized spacial score (nSPS) is 12.2. The van der Waals surface area contributed by atoms with Crippen LogP contribution in [0, 0.1) is 0 Å². The van der Waals surface area contributed by atoms with E-state index in [1.165, 1.54) is 4.90 Å². The van der Waals surface area contributed by atoms with E-state index in [9.17, 15) is 18.0 Å². The first kappa shape index (κ1) is 28.7. The van der Waals surface area contributed by atoms with Crippen LogP contribution in [0.2, 0.25) is 10.0 Å². The molecule has 35 heavy (non-hydrogen) atoms. The van der Waals surface area contributed by atoms with Crippen molar-refractivity contribution in [1.82, 2.24) is 10.2 Å². The van der Waals surface area contributed by atoms with Crippen molar-refractivity contribution >= 4 is 50.7 Å².